The molecule has 0 saturated carbocycles. The normalized spacial score (nSPS) is 13.5. The van der Waals surface area contributed by atoms with Crippen molar-refractivity contribution in [3.8, 4) is 0 Å². The van der Waals surface area contributed by atoms with Gasteiger partial charge in [-0.2, -0.15) is 11.8 Å². The highest BCUT2D eigenvalue weighted by atomic mass is 32.2. The molecule has 0 rings (SSSR count). The van der Waals surface area contributed by atoms with E-state index in [0.29, 0.717) is 0 Å². The lowest BCUT2D eigenvalue weighted by Crippen LogP contribution is -2.46. The van der Waals surface area contributed by atoms with Crippen LogP contribution in [0.5, 0.6) is 0 Å². The monoisotopic (exact) mass is 260 g/mol. The Morgan fingerprint density at radius 1 is 1.35 bits per heavy atom. The fourth-order valence-corrected chi connectivity index (χ4v) is 2.59. The Labute approximate surface area is 110 Å². The van der Waals surface area contributed by atoms with Crippen LogP contribution >= 0.6 is 11.8 Å². The van der Waals surface area contributed by atoms with Crippen molar-refractivity contribution < 1.29 is 4.79 Å². The molecule has 3 nitrogen and oxygen atoms in total. The Balaban J connectivity index is 4.12. The second-order valence-corrected chi connectivity index (χ2v) is 5.84. The van der Waals surface area contributed by atoms with Gasteiger partial charge in [0.2, 0.25) is 5.91 Å². The number of rotatable bonds is 9. The molecular formula is C13H28N2OS. The average molecular weight is 260 g/mol. The van der Waals surface area contributed by atoms with Crippen LogP contribution in [-0.4, -0.2) is 29.5 Å². The third-order valence-electron chi connectivity index (χ3n) is 3.51. The van der Waals surface area contributed by atoms with Crippen LogP contribution in [0.25, 0.3) is 0 Å². The molecule has 0 bridgehead atoms. The van der Waals surface area contributed by atoms with Gasteiger partial charge in [-0.15, -0.1) is 0 Å². The van der Waals surface area contributed by atoms with Gasteiger partial charge < -0.3 is 11.1 Å². The van der Waals surface area contributed by atoms with E-state index in [4.69, 9.17) is 5.73 Å². The lowest BCUT2D eigenvalue weighted by molar-refractivity contribution is -0.122. The smallest absolute Gasteiger partial charge is 0.236 e. The minimum absolute atomic E-state index is 0.00113. The Morgan fingerprint density at radius 2 is 1.94 bits per heavy atom. The highest BCUT2D eigenvalue weighted by molar-refractivity contribution is 8.00. The van der Waals surface area contributed by atoms with Crippen LogP contribution in [0, 0.1) is 0 Å². The fourth-order valence-electron chi connectivity index (χ4n) is 1.80. The van der Waals surface area contributed by atoms with Gasteiger partial charge in [-0.25, -0.2) is 0 Å². The molecule has 0 spiro atoms. The third-order valence-corrected chi connectivity index (χ3v) is 5.10. The number of unbranched alkanes of at least 4 members (excludes halogenated alkanes) is 1. The zero-order valence-electron chi connectivity index (χ0n) is 11.7. The maximum absolute atomic E-state index is 11.8. The maximum atomic E-state index is 11.8. The zero-order valence-corrected chi connectivity index (χ0v) is 12.5. The molecule has 0 aliphatic heterocycles. The molecule has 17 heavy (non-hydrogen) atoms. The number of nitrogens with two attached hydrogens (primary N) is 1. The molecule has 0 aromatic carbocycles. The predicted octanol–water partition coefficient (Wildman–Crippen LogP) is 2.54. The third kappa shape index (κ3) is 5.77. The van der Waals surface area contributed by atoms with E-state index in [0.717, 1.165) is 38.6 Å². The molecule has 0 saturated heterocycles. The van der Waals surface area contributed by atoms with Gasteiger partial charge in [-0.1, -0.05) is 33.6 Å². The first-order valence-electron chi connectivity index (χ1n) is 6.63. The summed E-state index contributed by atoms with van der Waals surface area (Å²) in [5.74, 6) is -0.00113. The van der Waals surface area contributed by atoms with Gasteiger partial charge in [0.1, 0.15) is 0 Å². The summed E-state index contributed by atoms with van der Waals surface area (Å²) < 4.78 is 0.167. The van der Waals surface area contributed by atoms with Gasteiger partial charge in [0.15, 0.2) is 0 Å². The number of thioether (sulfide) groups is 1. The second-order valence-electron chi connectivity index (χ2n) is 4.56. The van der Waals surface area contributed by atoms with Crippen molar-refractivity contribution in [2.45, 2.75) is 63.7 Å². The van der Waals surface area contributed by atoms with E-state index in [1.165, 1.54) is 0 Å². The van der Waals surface area contributed by atoms with Gasteiger partial charge in [0, 0.05) is 11.3 Å². The van der Waals surface area contributed by atoms with Crippen molar-refractivity contribution in [2.24, 2.45) is 5.73 Å². The van der Waals surface area contributed by atoms with Crippen molar-refractivity contribution in [1.82, 2.24) is 5.32 Å². The maximum Gasteiger partial charge on any atom is 0.236 e. The first-order valence-corrected chi connectivity index (χ1v) is 7.86. The topological polar surface area (TPSA) is 55.1 Å². The van der Waals surface area contributed by atoms with E-state index < -0.39 is 0 Å². The van der Waals surface area contributed by atoms with Gasteiger partial charge in [0.05, 0.1) is 6.04 Å². The minimum atomic E-state index is -0.344. The van der Waals surface area contributed by atoms with Crippen molar-refractivity contribution in [3.05, 3.63) is 0 Å². The van der Waals surface area contributed by atoms with E-state index >= 15 is 0 Å². The summed E-state index contributed by atoms with van der Waals surface area (Å²) in [5.41, 5.74) is 5.84. The van der Waals surface area contributed by atoms with Gasteiger partial charge in [-0.3, -0.25) is 4.79 Å². The van der Waals surface area contributed by atoms with E-state index in [1.54, 1.807) is 0 Å². The lowest BCUT2D eigenvalue weighted by Gasteiger charge is -2.30. The molecule has 0 unspecified atom stereocenters. The van der Waals surface area contributed by atoms with Crippen LogP contribution < -0.4 is 11.1 Å². The molecule has 0 fully saturated rings. The molecule has 0 heterocycles. The largest absolute Gasteiger partial charge is 0.353 e. The van der Waals surface area contributed by atoms with E-state index in [2.05, 4.69) is 32.3 Å². The molecule has 1 atom stereocenters. The Morgan fingerprint density at radius 3 is 2.35 bits per heavy atom. The number of nitrogens with one attached hydrogen (secondary N) is 1. The molecule has 102 valence electrons. The first kappa shape index (κ1) is 16.8. The molecule has 0 aliphatic rings. The summed E-state index contributed by atoms with van der Waals surface area (Å²) in [4.78, 5) is 11.8. The van der Waals surface area contributed by atoms with E-state index in [1.807, 2.05) is 11.8 Å². The van der Waals surface area contributed by atoms with Crippen LogP contribution in [0.1, 0.15) is 52.9 Å². The quantitative estimate of drug-likeness (QED) is 0.670. The van der Waals surface area contributed by atoms with Crippen LogP contribution in [0.2, 0.25) is 0 Å². The minimum Gasteiger partial charge on any atom is -0.353 e. The molecule has 1 amide bonds. The first-order chi connectivity index (χ1) is 8.05. The molecule has 0 aliphatic carbocycles. The Hall–Kier alpha value is -0.220. The van der Waals surface area contributed by atoms with Crippen LogP contribution in [0.3, 0.4) is 0 Å². The SMILES string of the molecule is CCCC[C@H](N)C(=O)NCC(CC)(CC)SC. The highest BCUT2D eigenvalue weighted by Gasteiger charge is 2.26. The van der Waals surface area contributed by atoms with E-state index in [-0.39, 0.29) is 16.7 Å². The van der Waals surface area contributed by atoms with Gasteiger partial charge >= 0.3 is 0 Å². The fraction of sp³-hybridized carbons (Fsp3) is 0.923. The Bertz CT molecular complexity index is 209. The zero-order chi connectivity index (χ0) is 13.3. The standard InChI is InChI=1S/C13H28N2OS/c1-5-8-9-11(14)12(16)15-10-13(6-2,7-3)17-4/h11H,5-10,14H2,1-4H3,(H,15,16)/t11-/m0/s1. The predicted molar refractivity (Wildman–Crippen MR) is 77.3 cm³/mol. The van der Waals surface area contributed by atoms with Crippen molar-refractivity contribution in [1.29, 1.82) is 0 Å². The number of carbonyl (C=O) groups is 1. The molecule has 3 N–H and O–H groups in total. The Kier molecular flexibility index (Phi) is 8.70. The summed E-state index contributed by atoms with van der Waals surface area (Å²) in [6.45, 7) is 7.17. The summed E-state index contributed by atoms with van der Waals surface area (Å²) in [5, 5.41) is 3.00. The molecule has 0 aromatic rings. The van der Waals surface area contributed by atoms with Crippen molar-refractivity contribution in [3.63, 3.8) is 0 Å². The second kappa shape index (κ2) is 8.81. The molecule has 0 radical (unpaired) electrons. The summed E-state index contributed by atoms with van der Waals surface area (Å²) in [6.07, 6.45) is 7.12. The van der Waals surface area contributed by atoms with E-state index in [9.17, 15) is 4.79 Å². The number of carbonyl (C=O) groups excluding carboxylic acids is 1. The summed E-state index contributed by atoms with van der Waals surface area (Å²) >= 11 is 1.83. The molecular weight excluding hydrogens is 232 g/mol. The van der Waals surface area contributed by atoms with Crippen molar-refractivity contribution >= 4 is 17.7 Å². The van der Waals surface area contributed by atoms with Crippen LogP contribution in [-0.2, 0) is 4.79 Å². The highest BCUT2D eigenvalue weighted by Crippen LogP contribution is 2.29. The summed E-state index contributed by atoms with van der Waals surface area (Å²) in [7, 11) is 0. The van der Waals surface area contributed by atoms with Gasteiger partial charge in [0.25, 0.3) is 0 Å². The molecule has 4 heteroatoms. The molecule has 0 aromatic heterocycles. The van der Waals surface area contributed by atoms with Crippen LogP contribution in [0.4, 0.5) is 0 Å². The van der Waals surface area contributed by atoms with Crippen LogP contribution in [0.15, 0.2) is 0 Å². The van der Waals surface area contributed by atoms with Gasteiger partial charge in [-0.05, 0) is 25.5 Å². The number of amides is 1. The number of hydrogen-bond donors (Lipinski definition) is 2. The lowest BCUT2D eigenvalue weighted by atomic mass is 10.0. The number of hydrogen-bond acceptors (Lipinski definition) is 3. The van der Waals surface area contributed by atoms with Crippen molar-refractivity contribution in [2.75, 3.05) is 12.8 Å². The average Bonchev–Trinajstić information content (AvgIpc) is 2.37. The summed E-state index contributed by atoms with van der Waals surface area (Å²) in [6, 6.07) is -0.344.